The van der Waals surface area contributed by atoms with E-state index in [1.54, 1.807) is 11.0 Å². The van der Waals surface area contributed by atoms with Gasteiger partial charge in [0.2, 0.25) is 0 Å². The highest BCUT2D eigenvalue weighted by molar-refractivity contribution is 5.85. The zero-order valence-corrected chi connectivity index (χ0v) is 15.0. The molecule has 1 atom stereocenters. The molecule has 0 radical (unpaired) electrons. The highest BCUT2D eigenvalue weighted by Gasteiger charge is 2.39. The van der Waals surface area contributed by atoms with Gasteiger partial charge >= 0.3 is 12.4 Å². The zero-order valence-electron chi connectivity index (χ0n) is 13.3. The van der Waals surface area contributed by atoms with Gasteiger partial charge in [-0.15, -0.1) is 24.8 Å². The largest absolute Gasteiger partial charge is 0.416 e. The van der Waals surface area contributed by atoms with E-state index in [9.17, 15) is 26.3 Å². The first-order valence-corrected chi connectivity index (χ1v) is 7.24. The maximum absolute atomic E-state index is 13.2. The summed E-state index contributed by atoms with van der Waals surface area (Å²) >= 11 is 0. The molecule has 1 fully saturated rings. The Balaban J connectivity index is 0.00000312. The van der Waals surface area contributed by atoms with Crippen LogP contribution in [0.2, 0.25) is 0 Å². The summed E-state index contributed by atoms with van der Waals surface area (Å²) in [6.45, 7) is 1.73. The molecule has 1 aromatic rings. The lowest BCUT2D eigenvalue weighted by Gasteiger charge is -2.35. The van der Waals surface area contributed by atoms with E-state index in [2.05, 4.69) is 5.32 Å². The molecule has 3 nitrogen and oxygen atoms in total. The van der Waals surface area contributed by atoms with Gasteiger partial charge in [-0.3, -0.25) is 4.90 Å². The number of piperazine rings is 1. The van der Waals surface area contributed by atoms with Gasteiger partial charge in [-0.1, -0.05) is 0 Å². The molecule has 1 heterocycles. The Labute approximate surface area is 159 Å². The van der Waals surface area contributed by atoms with E-state index in [-0.39, 0.29) is 31.2 Å². The number of nitrogens with one attached hydrogen (secondary N) is 1. The summed E-state index contributed by atoms with van der Waals surface area (Å²) in [6, 6.07) is 2.15. The first-order valence-electron chi connectivity index (χ1n) is 7.24. The molecular weight excluding hydrogens is 407 g/mol. The van der Waals surface area contributed by atoms with E-state index in [1.807, 2.05) is 0 Å². The van der Waals surface area contributed by atoms with E-state index in [0.717, 1.165) is 0 Å². The van der Waals surface area contributed by atoms with Gasteiger partial charge in [-0.05, 0) is 23.8 Å². The van der Waals surface area contributed by atoms with Crippen molar-refractivity contribution in [1.29, 1.82) is 5.26 Å². The van der Waals surface area contributed by atoms with E-state index in [1.165, 1.54) is 0 Å². The van der Waals surface area contributed by atoms with E-state index >= 15 is 0 Å². The smallest absolute Gasteiger partial charge is 0.314 e. The molecule has 0 spiro atoms. The number of nitrogens with zero attached hydrogens (tertiary/aromatic N) is 2. The van der Waals surface area contributed by atoms with Crippen molar-refractivity contribution in [3.8, 4) is 6.07 Å². The van der Waals surface area contributed by atoms with Crippen LogP contribution in [0.15, 0.2) is 18.2 Å². The average molecular weight is 424 g/mol. The van der Waals surface area contributed by atoms with Crippen LogP contribution in [0.25, 0.3) is 0 Å². The molecule has 0 saturated carbocycles. The lowest BCUT2D eigenvalue weighted by atomic mass is 9.93. The first-order chi connectivity index (χ1) is 11.1. The second-order valence-electron chi connectivity index (χ2n) is 5.46. The minimum absolute atomic E-state index is 0. The van der Waals surface area contributed by atoms with Crippen molar-refractivity contribution in [3.05, 3.63) is 34.9 Å². The van der Waals surface area contributed by atoms with Gasteiger partial charge < -0.3 is 5.32 Å². The Morgan fingerprint density at radius 1 is 1.04 bits per heavy atom. The van der Waals surface area contributed by atoms with Gasteiger partial charge in [0, 0.05) is 32.2 Å². The van der Waals surface area contributed by atoms with E-state index < -0.39 is 35.1 Å². The minimum atomic E-state index is -4.79. The normalized spacial score (nSPS) is 16.8. The summed E-state index contributed by atoms with van der Waals surface area (Å²) < 4.78 is 78.5. The van der Waals surface area contributed by atoms with Crippen LogP contribution in [-0.4, -0.2) is 31.1 Å². The fraction of sp³-hybridized carbons (Fsp3) is 0.533. The SMILES string of the molecule is Cl.Cl.N#CC[C@H](c1cc(C(F)(F)F)ccc1C(F)(F)F)N1CCNCC1. The van der Waals surface area contributed by atoms with Crippen LogP contribution >= 0.6 is 24.8 Å². The topological polar surface area (TPSA) is 39.1 Å². The fourth-order valence-corrected chi connectivity index (χ4v) is 2.79. The molecule has 0 bridgehead atoms. The number of hydrogen-bond acceptors (Lipinski definition) is 3. The summed E-state index contributed by atoms with van der Waals surface area (Å²) in [4.78, 5) is 1.62. The summed E-state index contributed by atoms with van der Waals surface area (Å²) in [5.41, 5.74) is -2.78. The van der Waals surface area contributed by atoms with Crippen LogP contribution in [0, 0.1) is 11.3 Å². The lowest BCUT2D eigenvalue weighted by molar-refractivity contribution is -0.142. The third-order valence-electron chi connectivity index (χ3n) is 3.92. The zero-order chi connectivity index (χ0) is 18.0. The lowest BCUT2D eigenvalue weighted by Crippen LogP contribution is -2.45. The third-order valence-corrected chi connectivity index (χ3v) is 3.92. The van der Waals surface area contributed by atoms with Crippen molar-refractivity contribution in [2.24, 2.45) is 0 Å². The molecule has 1 saturated heterocycles. The predicted octanol–water partition coefficient (Wildman–Crippen LogP) is 4.43. The van der Waals surface area contributed by atoms with Crippen LogP contribution in [0.3, 0.4) is 0 Å². The number of nitriles is 1. The first kappa shape index (κ1) is 24.8. The summed E-state index contributed by atoms with van der Waals surface area (Å²) in [5.74, 6) is 0. The van der Waals surface area contributed by atoms with Gasteiger partial charge in [0.25, 0.3) is 0 Å². The molecule has 1 aliphatic heterocycles. The molecule has 11 heteroatoms. The van der Waals surface area contributed by atoms with Crippen molar-refractivity contribution < 1.29 is 26.3 Å². The molecule has 0 aliphatic carbocycles. The van der Waals surface area contributed by atoms with Crippen molar-refractivity contribution >= 4 is 24.8 Å². The summed E-state index contributed by atoms with van der Waals surface area (Å²) in [5, 5.41) is 12.0. The van der Waals surface area contributed by atoms with Gasteiger partial charge in [-0.25, -0.2) is 0 Å². The second-order valence-corrected chi connectivity index (χ2v) is 5.46. The predicted molar refractivity (Wildman–Crippen MR) is 88.4 cm³/mol. The van der Waals surface area contributed by atoms with Crippen LogP contribution in [0.4, 0.5) is 26.3 Å². The van der Waals surface area contributed by atoms with Gasteiger partial charge in [0.15, 0.2) is 0 Å². The Morgan fingerprint density at radius 2 is 1.62 bits per heavy atom. The molecule has 0 unspecified atom stereocenters. The third kappa shape index (κ3) is 5.91. The molecular formula is C15H17Cl2F6N3. The fourth-order valence-electron chi connectivity index (χ4n) is 2.79. The van der Waals surface area contributed by atoms with Crippen molar-refractivity contribution in [1.82, 2.24) is 10.2 Å². The molecule has 148 valence electrons. The van der Waals surface area contributed by atoms with Crippen LogP contribution < -0.4 is 5.32 Å². The summed E-state index contributed by atoms with van der Waals surface area (Å²) in [7, 11) is 0. The highest BCUT2D eigenvalue weighted by Crippen LogP contribution is 2.40. The number of rotatable bonds is 3. The van der Waals surface area contributed by atoms with Crippen molar-refractivity contribution in [2.75, 3.05) is 26.2 Å². The van der Waals surface area contributed by atoms with Gasteiger partial charge in [-0.2, -0.15) is 31.6 Å². The molecule has 1 aliphatic rings. The minimum Gasteiger partial charge on any atom is -0.314 e. The number of halogens is 8. The Bertz CT molecular complexity index is 621. The quantitative estimate of drug-likeness (QED) is 0.731. The van der Waals surface area contributed by atoms with E-state index in [4.69, 9.17) is 5.26 Å². The van der Waals surface area contributed by atoms with Crippen molar-refractivity contribution in [2.45, 2.75) is 24.8 Å². The Morgan fingerprint density at radius 3 is 2.08 bits per heavy atom. The molecule has 0 amide bonds. The number of alkyl halides is 6. The Hall–Kier alpha value is -1.21. The second kappa shape index (κ2) is 9.65. The maximum Gasteiger partial charge on any atom is 0.416 e. The maximum atomic E-state index is 13.2. The number of benzene rings is 1. The van der Waals surface area contributed by atoms with Gasteiger partial charge in [0.1, 0.15) is 0 Å². The Kier molecular flexibility index (Phi) is 9.20. The standard InChI is InChI=1S/C15H15F6N3.2ClH/c16-14(17,18)10-1-2-12(15(19,20)21)11(9-10)13(3-4-22)24-7-5-23-6-8-24;;/h1-2,9,13,23H,3,5-8H2;2*1H/t13-;;/m1../s1. The summed E-state index contributed by atoms with van der Waals surface area (Å²) in [6.07, 6.45) is -9.86. The van der Waals surface area contributed by atoms with E-state index in [0.29, 0.717) is 44.4 Å². The highest BCUT2D eigenvalue weighted by atomic mass is 35.5. The monoisotopic (exact) mass is 423 g/mol. The molecule has 26 heavy (non-hydrogen) atoms. The van der Waals surface area contributed by atoms with Crippen LogP contribution in [0.1, 0.15) is 29.2 Å². The number of hydrogen-bond donors (Lipinski definition) is 1. The molecule has 1 aromatic carbocycles. The van der Waals surface area contributed by atoms with Crippen molar-refractivity contribution in [3.63, 3.8) is 0 Å². The van der Waals surface area contributed by atoms with Crippen LogP contribution in [0.5, 0.6) is 0 Å². The average Bonchev–Trinajstić information content (AvgIpc) is 2.51. The molecule has 2 rings (SSSR count). The van der Waals surface area contributed by atoms with Gasteiger partial charge in [0.05, 0.1) is 23.6 Å². The van der Waals surface area contributed by atoms with Crippen LogP contribution in [-0.2, 0) is 12.4 Å². The molecule has 0 aromatic heterocycles. The molecule has 1 N–H and O–H groups in total.